The van der Waals surface area contributed by atoms with Gasteiger partial charge in [0.05, 0.1) is 17.1 Å². The van der Waals surface area contributed by atoms with Gasteiger partial charge in [-0.2, -0.15) is 0 Å². The van der Waals surface area contributed by atoms with Gasteiger partial charge in [-0.3, -0.25) is 10.1 Å². The lowest BCUT2D eigenvalue weighted by Crippen LogP contribution is -2.24. The minimum absolute atomic E-state index is 0.000342. The predicted octanol–water partition coefficient (Wildman–Crippen LogP) is 2.13. The van der Waals surface area contributed by atoms with Gasteiger partial charge in [0.2, 0.25) is 0 Å². The molecule has 1 unspecified atom stereocenters. The molecule has 0 radical (unpaired) electrons. The third kappa shape index (κ3) is 3.92. The summed E-state index contributed by atoms with van der Waals surface area (Å²) < 4.78 is 5.00. The van der Waals surface area contributed by atoms with Gasteiger partial charge >= 0.3 is 5.97 Å². The molecule has 104 valence electrons. The Morgan fingerprint density at radius 1 is 1.58 bits per heavy atom. The molecule has 0 saturated carbocycles. The van der Waals surface area contributed by atoms with Crippen LogP contribution in [0.2, 0.25) is 0 Å². The Kier molecular flexibility index (Phi) is 5.25. The summed E-state index contributed by atoms with van der Waals surface area (Å²) in [6.45, 7) is 2.29. The van der Waals surface area contributed by atoms with Gasteiger partial charge in [0.25, 0.3) is 5.69 Å². The molecular weight excluding hydrogens is 252 g/mol. The van der Waals surface area contributed by atoms with Crippen molar-refractivity contribution in [1.82, 2.24) is 0 Å². The van der Waals surface area contributed by atoms with Crippen LogP contribution in [0.15, 0.2) is 18.2 Å². The largest absolute Gasteiger partial charge is 0.478 e. The van der Waals surface area contributed by atoms with Crippen LogP contribution in [0, 0.1) is 10.1 Å². The highest BCUT2D eigenvalue weighted by Crippen LogP contribution is 2.26. The second kappa shape index (κ2) is 6.69. The first-order valence-electron chi connectivity index (χ1n) is 5.76. The van der Waals surface area contributed by atoms with Crippen molar-refractivity contribution in [3.05, 3.63) is 33.9 Å². The summed E-state index contributed by atoms with van der Waals surface area (Å²) in [5.74, 6) is -1.13. The zero-order valence-corrected chi connectivity index (χ0v) is 10.8. The number of hydrogen-bond acceptors (Lipinski definition) is 5. The number of methoxy groups -OCH3 is 1. The van der Waals surface area contributed by atoms with Gasteiger partial charge in [-0.05, 0) is 18.6 Å². The van der Waals surface area contributed by atoms with Crippen molar-refractivity contribution in [2.24, 2.45) is 0 Å². The number of rotatable bonds is 7. The summed E-state index contributed by atoms with van der Waals surface area (Å²) in [7, 11) is 1.53. The number of nitrogens with one attached hydrogen (secondary N) is 1. The van der Waals surface area contributed by atoms with E-state index in [1.165, 1.54) is 25.3 Å². The summed E-state index contributed by atoms with van der Waals surface area (Å²) in [5.41, 5.74) is 0.0359. The fourth-order valence-electron chi connectivity index (χ4n) is 1.63. The van der Waals surface area contributed by atoms with Gasteiger partial charge in [0, 0.05) is 19.2 Å². The van der Waals surface area contributed by atoms with Gasteiger partial charge in [-0.15, -0.1) is 0 Å². The molecule has 0 aliphatic heterocycles. The molecular formula is C12H16N2O5. The first kappa shape index (κ1) is 14.9. The van der Waals surface area contributed by atoms with Crippen LogP contribution in [-0.4, -0.2) is 35.8 Å². The fourth-order valence-corrected chi connectivity index (χ4v) is 1.63. The van der Waals surface area contributed by atoms with E-state index in [-0.39, 0.29) is 23.0 Å². The lowest BCUT2D eigenvalue weighted by atomic mass is 10.1. The average molecular weight is 268 g/mol. The van der Waals surface area contributed by atoms with E-state index >= 15 is 0 Å². The molecule has 0 spiro atoms. The molecule has 2 N–H and O–H groups in total. The second-order valence-corrected chi connectivity index (χ2v) is 4.00. The number of aromatic carboxylic acids is 1. The number of carbonyl (C=O) groups is 1. The number of nitro groups is 1. The number of carboxylic acids is 1. The number of nitrogens with zero attached hydrogens (tertiary/aromatic N) is 1. The van der Waals surface area contributed by atoms with Crippen LogP contribution in [0.1, 0.15) is 23.7 Å². The number of carboxylic acid groups (broad SMARTS) is 1. The van der Waals surface area contributed by atoms with Gasteiger partial charge in [-0.25, -0.2) is 4.79 Å². The van der Waals surface area contributed by atoms with Crippen molar-refractivity contribution < 1.29 is 19.6 Å². The zero-order chi connectivity index (χ0) is 14.4. The van der Waals surface area contributed by atoms with Crippen molar-refractivity contribution in [3.63, 3.8) is 0 Å². The summed E-state index contributed by atoms with van der Waals surface area (Å²) in [4.78, 5) is 21.3. The average Bonchev–Trinajstić information content (AvgIpc) is 2.37. The monoisotopic (exact) mass is 268 g/mol. The number of hydrogen-bond donors (Lipinski definition) is 2. The van der Waals surface area contributed by atoms with Crippen molar-refractivity contribution in [1.29, 1.82) is 0 Å². The Labute approximate surface area is 110 Å². The summed E-state index contributed by atoms with van der Waals surface area (Å²) in [6.07, 6.45) is 0.697. The molecule has 0 amide bonds. The third-order valence-corrected chi connectivity index (χ3v) is 2.66. The van der Waals surface area contributed by atoms with Crippen LogP contribution >= 0.6 is 0 Å². The van der Waals surface area contributed by atoms with Crippen LogP contribution in [0.5, 0.6) is 0 Å². The number of benzene rings is 1. The Morgan fingerprint density at radius 3 is 2.74 bits per heavy atom. The van der Waals surface area contributed by atoms with Crippen LogP contribution in [0.3, 0.4) is 0 Å². The Balaban J connectivity index is 3.09. The number of nitro benzene ring substituents is 1. The maximum atomic E-state index is 10.9. The molecule has 0 aliphatic rings. The quantitative estimate of drug-likeness (QED) is 0.580. The van der Waals surface area contributed by atoms with Gasteiger partial charge in [0.1, 0.15) is 5.69 Å². The molecule has 7 heteroatoms. The highest BCUT2D eigenvalue weighted by molar-refractivity contribution is 5.90. The van der Waals surface area contributed by atoms with Crippen molar-refractivity contribution in [3.8, 4) is 0 Å². The van der Waals surface area contributed by atoms with E-state index in [4.69, 9.17) is 9.84 Å². The minimum Gasteiger partial charge on any atom is -0.478 e. The van der Waals surface area contributed by atoms with Crippen molar-refractivity contribution in [2.75, 3.05) is 19.0 Å². The third-order valence-electron chi connectivity index (χ3n) is 2.66. The normalized spacial score (nSPS) is 11.9. The Bertz CT molecular complexity index is 475. The smallest absolute Gasteiger partial charge is 0.335 e. The van der Waals surface area contributed by atoms with Gasteiger partial charge in [0.15, 0.2) is 0 Å². The van der Waals surface area contributed by atoms with E-state index in [9.17, 15) is 14.9 Å². The maximum Gasteiger partial charge on any atom is 0.335 e. The van der Waals surface area contributed by atoms with E-state index in [1.807, 2.05) is 6.92 Å². The van der Waals surface area contributed by atoms with E-state index in [1.54, 1.807) is 0 Å². The molecule has 1 rings (SSSR count). The number of anilines is 1. The Morgan fingerprint density at radius 2 is 2.26 bits per heavy atom. The van der Waals surface area contributed by atoms with Crippen molar-refractivity contribution >= 4 is 17.3 Å². The number of ether oxygens (including phenoxy) is 1. The topological polar surface area (TPSA) is 102 Å². The molecule has 1 aromatic rings. The molecule has 0 heterocycles. The molecule has 0 aliphatic carbocycles. The van der Waals surface area contributed by atoms with E-state index in [0.29, 0.717) is 13.0 Å². The zero-order valence-electron chi connectivity index (χ0n) is 10.8. The fraction of sp³-hybridized carbons (Fsp3) is 0.417. The molecule has 0 aromatic heterocycles. The lowest BCUT2D eigenvalue weighted by Gasteiger charge is -2.17. The summed E-state index contributed by atoms with van der Waals surface area (Å²) >= 11 is 0. The molecule has 19 heavy (non-hydrogen) atoms. The van der Waals surface area contributed by atoms with Crippen LogP contribution < -0.4 is 5.32 Å². The van der Waals surface area contributed by atoms with Crippen molar-refractivity contribution in [2.45, 2.75) is 19.4 Å². The first-order chi connectivity index (χ1) is 8.99. The second-order valence-electron chi connectivity index (χ2n) is 4.00. The first-order valence-corrected chi connectivity index (χ1v) is 5.76. The standard InChI is InChI=1S/C12H16N2O5/c1-3-9(7-19-2)13-10-6-8(12(15)16)4-5-11(10)14(17)18/h4-6,9,13H,3,7H2,1-2H3,(H,15,16). The van der Waals surface area contributed by atoms with Gasteiger partial charge in [-0.1, -0.05) is 6.92 Å². The van der Waals surface area contributed by atoms with Gasteiger partial charge < -0.3 is 15.2 Å². The summed E-state index contributed by atoms with van der Waals surface area (Å²) in [6, 6.07) is 3.54. The van der Waals surface area contributed by atoms with E-state index in [0.717, 1.165) is 0 Å². The Hall–Kier alpha value is -2.15. The molecule has 1 aromatic carbocycles. The van der Waals surface area contributed by atoms with E-state index < -0.39 is 10.9 Å². The SMILES string of the molecule is CCC(COC)Nc1cc(C(=O)O)ccc1[N+](=O)[O-]. The molecule has 0 saturated heterocycles. The molecule has 0 bridgehead atoms. The molecule has 1 atom stereocenters. The highest BCUT2D eigenvalue weighted by atomic mass is 16.6. The minimum atomic E-state index is -1.13. The highest BCUT2D eigenvalue weighted by Gasteiger charge is 2.18. The lowest BCUT2D eigenvalue weighted by molar-refractivity contribution is -0.384. The summed E-state index contributed by atoms with van der Waals surface area (Å²) in [5, 5.41) is 22.8. The molecule has 0 fully saturated rings. The van der Waals surface area contributed by atoms with Crippen LogP contribution in [0.25, 0.3) is 0 Å². The van der Waals surface area contributed by atoms with Crippen LogP contribution in [0.4, 0.5) is 11.4 Å². The maximum absolute atomic E-state index is 10.9. The predicted molar refractivity (Wildman–Crippen MR) is 69.6 cm³/mol. The van der Waals surface area contributed by atoms with E-state index in [2.05, 4.69) is 5.32 Å². The van der Waals surface area contributed by atoms with Crippen LogP contribution in [-0.2, 0) is 4.74 Å². The molecule has 7 nitrogen and oxygen atoms in total.